The van der Waals surface area contributed by atoms with E-state index in [4.69, 9.17) is 11.6 Å². The fraction of sp³-hybridized carbons (Fsp3) is 0. The van der Waals surface area contributed by atoms with Crippen molar-refractivity contribution in [3.05, 3.63) is 76.9 Å². The Kier molecular flexibility index (Phi) is 4.04. The van der Waals surface area contributed by atoms with Gasteiger partial charge in [0.05, 0.1) is 0 Å². The minimum absolute atomic E-state index is 0.538. The number of nitrogens with one attached hydrogen (secondary N) is 1. The minimum Gasteiger partial charge on any atom is -0.345 e. The van der Waals surface area contributed by atoms with Gasteiger partial charge in [-0.1, -0.05) is 54.1 Å². The highest BCUT2D eigenvalue weighted by atomic mass is 35.5. The number of aliphatic imine (C=N–C) groups is 1. The summed E-state index contributed by atoms with van der Waals surface area (Å²) in [6.07, 6.45) is 3.51. The summed E-state index contributed by atoms with van der Waals surface area (Å²) in [5.74, 6) is 0.552. The van der Waals surface area contributed by atoms with Crippen LogP contribution in [0.2, 0.25) is 5.02 Å². The van der Waals surface area contributed by atoms with Crippen LogP contribution >= 0.6 is 11.6 Å². The molecule has 1 heterocycles. The first kappa shape index (κ1) is 14.1. The molecule has 0 bridgehead atoms. The summed E-state index contributed by atoms with van der Waals surface area (Å²) >= 11 is 5.85. The molecule has 1 aromatic heterocycles. The van der Waals surface area contributed by atoms with Gasteiger partial charge in [0.1, 0.15) is 17.5 Å². The van der Waals surface area contributed by atoms with Gasteiger partial charge in [0, 0.05) is 23.0 Å². The molecule has 22 heavy (non-hydrogen) atoms. The molecule has 0 aliphatic rings. The summed E-state index contributed by atoms with van der Waals surface area (Å²) in [7, 11) is 0. The van der Waals surface area contributed by atoms with E-state index in [0.29, 0.717) is 16.4 Å². The molecule has 106 valence electrons. The van der Waals surface area contributed by atoms with Crippen molar-refractivity contribution in [3.8, 4) is 17.2 Å². The molecule has 0 saturated carbocycles. The zero-order valence-corrected chi connectivity index (χ0v) is 12.4. The smallest absolute Gasteiger partial charge is 0.148 e. The first-order valence-corrected chi connectivity index (χ1v) is 7.12. The molecule has 4 heteroatoms. The van der Waals surface area contributed by atoms with Gasteiger partial charge in [0.15, 0.2) is 0 Å². The van der Waals surface area contributed by atoms with E-state index in [-0.39, 0.29) is 0 Å². The lowest BCUT2D eigenvalue weighted by Gasteiger charge is -1.98. The topological polar surface area (TPSA) is 51.9 Å². The molecular formula is C18H12ClN3. The molecule has 0 unspecified atom stereocenters. The molecule has 0 atom stereocenters. The largest absolute Gasteiger partial charge is 0.345 e. The third kappa shape index (κ3) is 2.93. The van der Waals surface area contributed by atoms with E-state index in [1.807, 2.05) is 48.7 Å². The van der Waals surface area contributed by atoms with Crippen LogP contribution in [0.5, 0.6) is 0 Å². The van der Waals surface area contributed by atoms with Crippen LogP contribution in [-0.4, -0.2) is 11.2 Å². The number of benzene rings is 2. The number of halogens is 1. The van der Waals surface area contributed by atoms with Crippen LogP contribution in [0.25, 0.3) is 11.1 Å². The number of hydrogen-bond acceptors (Lipinski definition) is 2. The Morgan fingerprint density at radius 2 is 1.77 bits per heavy atom. The van der Waals surface area contributed by atoms with Gasteiger partial charge in [0.25, 0.3) is 0 Å². The maximum Gasteiger partial charge on any atom is 0.148 e. The van der Waals surface area contributed by atoms with Gasteiger partial charge in [0.2, 0.25) is 0 Å². The standard InChI is InChI=1S/C18H12ClN3/c19-15-8-6-13(7-9-15)11-21-18-16(10-20)17(12-22-18)14-4-2-1-3-5-14/h1-9,11-12,22H. The Morgan fingerprint density at radius 3 is 2.45 bits per heavy atom. The predicted molar refractivity (Wildman–Crippen MR) is 89.6 cm³/mol. The molecular weight excluding hydrogens is 294 g/mol. The number of rotatable bonds is 3. The van der Waals surface area contributed by atoms with Crippen molar-refractivity contribution in [2.45, 2.75) is 0 Å². The Bertz CT molecular complexity index is 840. The van der Waals surface area contributed by atoms with Gasteiger partial charge in [-0.15, -0.1) is 0 Å². The summed E-state index contributed by atoms with van der Waals surface area (Å²) in [4.78, 5) is 7.44. The van der Waals surface area contributed by atoms with E-state index in [9.17, 15) is 5.26 Å². The quantitative estimate of drug-likeness (QED) is 0.683. The van der Waals surface area contributed by atoms with Gasteiger partial charge in [-0.3, -0.25) is 0 Å². The molecule has 0 saturated heterocycles. The molecule has 3 rings (SSSR count). The van der Waals surface area contributed by atoms with Crippen molar-refractivity contribution >= 4 is 23.6 Å². The molecule has 3 nitrogen and oxygen atoms in total. The highest BCUT2D eigenvalue weighted by molar-refractivity contribution is 6.30. The maximum absolute atomic E-state index is 9.42. The molecule has 0 fully saturated rings. The highest BCUT2D eigenvalue weighted by Crippen LogP contribution is 2.29. The third-order valence-corrected chi connectivity index (χ3v) is 3.52. The second kappa shape index (κ2) is 6.30. The van der Waals surface area contributed by atoms with E-state index in [2.05, 4.69) is 16.0 Å². The first-order valence-electron chi connectivity index (χ1n) is 6.74. The number of hydrogen-bond donors (Lipinski definition) is 1. The predicted octanol–water partition coefficient (Wildman–Crippen LogP) is 4.96. The molecule has 0 spiro atoms. The fourth-order valence-electron chi connectivity index (χ4n) is 2.16. The second-order valence-corrected chi connectivity index (χ2v) is 5.15. The lowest BCUT2D eigenvalue weighted by Crippen LogP contribution is -1.81. The number of H-pyrrole nitrogens is 1. The summed E-state index contributed by atoms with van der Waals surface area (Å²) in [6.45, 7) is 0. The third-order valence-electron chi connectivity index (χ3n) is 3.27. The molecule has 0 amide bonds. The van der Waals surface area contributed by atoms with Crippen molar-refractivity contribution < 1.29 is 0 Å². The van der Waals surface area contributed by atoms with E-state index < -0.39 is 0 Å². The summed E-state index contributed by atoms with van der Waals surface area (Å²) in [5, 5.41) is 10.1. The summed E-state index contributed by atoms with van der Waals surface area (Å²) in [6, 6.07) is 19.4. The van der Waals surface area contributed by atoms with Crippen molar-refractivity contribution in [3.63, 3.8) is 0 Å². The van der Waals surface area contributed by atoms with Gasteiger partial charge in [-0.25, -0.2) is 4.99 Å². The molecule has 2 aromatic carbocycles. The Morgan fingerprint density at radius 1 is 1.05 bits per heavy atom. The zero-order valence-electron chi connectivity index (χ0n) is 11.6. The second-order valence-electron chi connectivity index (χ2n) is 4.71. The molecule has 3 aromatic rings. The number of aromatic amines is 1. The lowest BCUT2D eigenvalue weighted by atomic mass is 10.1. The van der Waals surface area contributed by atoms with Crippen LogP contribution in [-0.2, 0) is 0 Å². The van der Waals surface area contributed by atoms with E-state index in [1.54, 1.807) is 18.3 Å². The Balaban J connectivity index is 1.94. The van der Waals surface area contributed by atoms with Crippen LogP contribution < -0.4 is 0 Å². The summed E-state index contributed by atoms with van der Waals surface area (Å²) in [5.41, 5.74) is 3.30. The molecule has 0 aliphatic carbocycles. The average molecular weight is 306 g/mol. The van der Waals surface area contributed by atoms with Gasteiger partial charge in [-0.2, -0.15) is 5.26 Å². The zero-order chi connectivity index (χ0) is 15.4. The Labute approximate surface area is 133 Å². The van der Waals surface area contributed by atoms with Crippen LogP contribution in [0, 0.1) is 11.3 Å². The monoisotopic (exact) mass is 305 g/mol. The first-order chi connectivity index (χ1) is 10.8. The normalized spacial score (nSPS) is 10.7. The van der Waals surface area contributed by atoms with E-state index >= 15 is 0 Å². The van der Waals surface area contributed by atoms with Crippen LogP contribution in [0.4, 0.5) is 5.82 Å². The number of aromatic nitrogens is 1. The van der Waals surface area contributed by atoms with E-state index in [0.717, 1.165) is 16.7 Å². The highest BCUT2D eigenvalue weighted by Gasteiger charge is 2.11. The number of nitriles is 1. The lowest BCUT2D eigenvalue weighted by molar-refractivity contribution is 1.33. The van der Waals surface area contributed by atoms with Gasteiger partial charge < -0.3 is 4.98 Å². The van der Waals surface area contributed by atoms with Crippen molar-refractivity contribution in [2.24, 2.45) is 4.99 Å². The maximum atomic E-state index is 9.42. The molecule has 1 N–H and O–H groups in total. The average Bonchev–Trinajstić information content (AvgIpc) is 2.98. The minimum atomic E-state index is 0.538. The Hall–Kier alpha value is -2.83. The van der Waals surface area contributed by atoms with Crippen LogP contribution in [0.15, 0.2) is 65.8 Å². The van der Waals surface area contributed by atoms with Crippen molar-refractivity contribution in [1.82, 2.24) is 4.98 Å². The van der Waals surface area contributed by atoms with Gasteiger partial charge in [-0.05, 0) is 23.3 Å². The van der Waals surface area contributed by atoms with Crippen LogP contribution in [0.1, 0.15) is 11.1 Å². The fourth-order valence-corrected chi connectivity index (χ4v) is 2.29. The van der Waals surface area contributed by atoms with Crippen LogP contribution in [0.3, 0.4) is 0 Å². The van der Waals surface area contributed by atoms with Crippen molar-refractivity contribution in [1.29, 1.82) is 5.26 Å². The molecule has 0 radical (unpaired) electrons. The SMILES string of the molecule is N#Cc1c(-c2ccccc2)c[nH]c1N=Cc1ccc(Cl)cc1. The van der Waals surface area contributed by atoms with E-state index in [1.165, 1.54) is 0 Å². The van der Waals surface area contributed by atoms with Gasteiger partial charge >= 0.3 is 0 Å². The van der Waals surface area contributed by atoms with Crippen molar-refractivity contribution in [2.75, 3.05) is 0 Å². The summed E-state index contributed by atoms with van der Waals surface area (Å²) < 4.78 is 0. The molecule has 0 aliphatic heterocycles. The number of nitrogens with zero attached hydrogens (tertiary/aromatic N) is 2.